The molecule has 6 nitrogen and oxygen atoms in total. The van der Waals surface area contributed by atoms with E-state index in [0.29, 0.717) is 24.3 Å². The van der Waals surface area contributed by atoms with Crippen LogP contribution in [0.3, 0.4) is 0 Å². The first-order valence-electron chi connectivity index (χ1n) is 7.89. The first-order chi connectivity index (χ1) is 11.5. The Bertz CT molecular complexity index is 1000. The number of rotatable bonds is 3. The Labute approximate surface area is 139 Å². The number of fused-ring (bicyclic) bond motifs is 1. The Balaban J connectivity index is 1.79. The molecule has 1 aromatic carbocycles. The van der Waals surface area contributed by atoms with Gasteiger partial charge in [-0.25, -0.2) is 8.42 Å². The molecule has 0 bridgehead atoms. The van der Waals surface area contributed by atoms with Gasteiger partial charge in [-0.1, -0.05) is 36.2 Å². The van der Waals surface area contributed by atoms with Crippen LogP contribution in [0.25, 0.3) is 22.4 Å². The fourth-order valence-corrected chi connectivity index (χ4v) is 4.86. The van der Waals surface area contributed by atoms with Crippen LogP contribution in [0.15, 0.2) is 41.1 Å². The monoisotopic (exact) mass is 343 g/mol. The average Bonchev–Trinajstić information content (AvgIpc) is 3.23. The molecule has 4 rings (SSSR count). The molecule has 24 heavy (non-hydrogen) atoms. The summed E-state index contributed by atoms with van der Waals surface area (Å²) in [5, 5.41) is 4.97. The third-order valence-electron chi connectivity index (χ3n) is 4.79. The SMILES string of the molecule is CS(=O)(=O)C1(c2noc(-c3cnc4ccccc4c3)n2)CCCC1. The van der Waals surface area contributed by atoms with E-state index in [1.807, 2.05) is 30.3 Å². The van der Waals surface area contributed by atoms with Crippen LogP contribution in [0.5, 0.6) is 0 Å². The summed E-state index contributed by atoms with van der Waals surface area (Å²) in [4.78, 5) is 8.80. The third kappa shape index (κ3) is 2.31. The van der Waals surface area contributed by atoms with Crippen LogP contribution in [0.2, 0.25) is 0 Å². The fourth-order valence-electron chi connectivity index (χ4n) is 3.42. The first-order valence-corrected chi connectivity index (χ1v) is 9.78. The van der Waals surface area contributed by atoms with Crippen molar-refractivity contribution in [2.24, 2.45) is 0 Å². The molecule has 0 aliphatic heterocycles. The van der Waals surface area contributed by atoms with Crippen molar-refractivity contribution in [2.45, 2.75) is 30.4 Å². The summed E-state index contributed by atoms with van der Waals surface area (Å²) in [6, 6.07) is 9.66. The highest BCUT2D eigenvalue weighted by molar-refractivity contribution is 7.91. The van der Waals surface area contributed by atoms with Crippen LogP contribution >= 0.6 is 0 Å². The number of pyridine rings is 1. The molecule has 1 saturated carbocycles. The number of aromatic nitrogens is 3. The van der Waals surface area contributed by atoms with Crippen molar-refractivity contribution in [2.75, 3.05) is 6.26 Å². The van der Waals surface area contributed by atoms with E-state index < -0.39 is 14.6 Å². The van der Waals surface area contributed by atoms with Crippen molar-refractivity contribution >= 4 is 20.7 Å². The lowest BCUT2D eigenvalue weighted by molar-refractivity contribution is 0.405. The summed E-state index contributed by atoms with van der Waals surface area (Å²) in [6.07, 6.45) is 5.72. The van der Waals surface area contributed by atoms with E-state index in [4.69, 9.17) is 4.52 Å². The van der Waals surface area contributed by atoms with Gasteiger partial charge in [0.05, 0.1) is 11.1 Å². The number of sulfone groups is 1. The number of nitrogens with zero attached hydrogens (tertiary/aromatic N) is 3. The van der Waals surface area contributed by atoms with Gasteiger partial charge in [-0.05, 0) is 25.0 Å². The van der Waals surface area contributed by atoms with Gasteiger partial charge in [0.15, 0.2) is 15.7 Å². The maximum Gasteiger partial charge on any atom is 0.259 e. The van der Waals surface area contributed by atoms with Crippen molar-refractivity contribution < 1.29 is 12.9 Å². The van der Waals surface area contributed by atoms with Gasteiger partial charge in [0.25, 0.3) is 5.89 Å². The van der Waals surface area contributed by atoms with Crippen molar-refractivity contribution in [3.63, 3.8) is 0 Å². The lowest BCUT2D eigenvalue weighted by Gasteiger charge is -2.22. The topological polar surface area (TPSA) is 86.0 Å². The quantitative estimate of drug-likeness (QED) is 0.726. The van der Waals surface area contributed by atoms with E-state index in [1.54, 1.807) is 6.20 Å². The van der Waals surface area contributed by atoms with Gasteiger partial charge in [0.1, 0.15) is 4.75 Å². The van der Waals surface area contributed by atoms with Crippen molar-refractivity contribution in [3.8, 4) is 11.5 Å². The molecule has 3 aromatic rings. The van der Waals surface area contributed by atoms with Crippen LogP contribution in [0, 0.1) is 0 Å². The summed E-state index contributed by atoms with van der Waals surface area (Å²) in [7, 11) is -3.32. The van der Waals surface area contributed by atoms with Gasteiger partial charge in [-0.15, -0.1) is 0 Å². The minimum absolute atomic E-state index is 0.269. The maximum atomic E-state index is 12.3. The zero-order valence-corrected chi connectivity index (χ0v) is 14.1. The Kier molecular flexibility index (Phi) is 3.42. The minimum atomic E-state index is -3.32. The van der Waals surface area contributed by atoms with Crippen molar-refractivity contribution in [3.05, 3.63) is 42.4 Å². The van der Waals surface area contributed by atoms with Gasteiger partial charge < -0.3 is 4.52 Å². The molecule has 2 heterocycles. The van der Waals surface area contributed by atoms with Crippen LogP contribution in [-0.4, -0.2) is 29.8 Å². The van der Waals surface area contributed by atoms with Gasteiger partial charge in [-0.3, -0.25) is 4.98 Å². The standard InChI is InChI=1S/C17H17N3O3S/c1-24(21,22)17(8-4-5-9-17)16-19-15(23-20-16)13-10-12-6-2-3-7-14(12)18-11-13/h2-3,6-7,10-11H,4-5,8-9H2,1H3. The average molecular weight is 343 g/mol. The number of hydrogen-bond acceptors (Lipinski definition) is 6. The van der Waals surface area contributed by atoms with E-state index in [0.717, 1.165) is 23.7 Å². The zero-order valence-electron chi connectivity index (χ0n) is 13.3. The Morgan fingerprint density at radius 1 is 1.17 bits per heavy atom. The molecule has 1 fully saturated rings. The number of para-hydroxylation sites is 1. The second-order valence-corrected chi connectivity index (χ2v) is 8.64. The summed E-state index contributed by atoms with van der Waals surface area (Å²) in [5.41, 5.74) is 1.57. The van der Waals surface area contributed by atoms with Gasteiger partial charge in [-0.2, -0.15) is 4.98 Å². The lowest BCUT2D eigenvalue weighted by Crippen LogP contribution is -2.33. The second kappa shape index (κ2) is 5.37. The third-order valence-corrected chi connectivity index (χ3v) is 6.80. The van der Waals surface area contributed by atoms with Crippen molar-refractivity contribution in [1.29, 1.82) is 0 Å². The number of hydrogen-bond donors (Lipinski definition) is 0. The van der Waals surface area contributed by atoms with Crippen LogP contribution in [0.1, 0.15) is 31.5 Å². The van der Waals surface area contributed by atoms with E-state index in [1.165, 1.54) is 6.26 Å². The Morgan fingerprint density at radius 3 is 2.67 bits per heavy atom. The molecular formula is C17H17N3O3S. The summed E-state index contributed by atoms with van der Waals surface area (Å²) in [6.45, 7) is 0. The van der Waals surface area contributed by atoms with E-state index in [-0.39, 0.29) is 5.82 Å². The molecule has 0 unspecified atom stereocenters. The molecule has 124 valence electrons. The molecular weight excluding hydrogens is 326 g/mol. The highest BCUT2D eigenvalue weighted by Gasteiger charge is 2.48. The van der Waals surface area contributed by atoms with E-state index >= 15 is 0 Å². The smallest absolute Gasteiger partial charge is 0.259 e. The van der Waals surface area contributed by atoms with Gasteiger partial charge in [0.2, 0.25) is 0 Å². The second-order valence-electron chi connectivity index (χ2n) is 6.31. The predicted octanol–water partition coefficient (Wildman–Crippen LogP) is 3.10. The molecule has 0 N–H and O–H groups in total. The van der Waals surface area contributed by atoms with Crippen molar-refractivity contribution in [1.82, 2.24) is 15.1 Å². The molecule has 7 heteroatoms. The minimum Gasteiger partial charge on any atom is -0.334 e. The van der Waals surface area contributed by atoms with E-state index in [9.17, 15) is 8.42 Å². The molecule has 0 saturated heterocycles. The largest absolute Gasteiger partial charge is 0.334 e. The number of benzene rings is 1. The summed E-state index contributed by atoms with van der Waals surface area (Å²) in [5.74, 6) is 0.573. The highest BCUT2D eigenvalue weighted by atomic mass is 32.2. The molecule has 1 aliphatic rings. The summed E-state index contributed by atoms with van der Waals surface area (Å²) < 4.78 is 29.0. The molecule has 0 amide bonds. The molecule has 1 aliphatic carbocycles. The van der Waals surface area contributed by atoms with Gasteiger partial charge >= 0.3 is 0 Å². The van der Waals surface area contributed by atoms with E-state index in [2.05, 4.69) is 15.1 Å². The Hall–Kier alpha value is -2.28. The molecule has 0 spiro atoms. The molecule has 0 radical (unpaired) electrons. The maximum absolute atomic E-state index is 12.3. The highest BCUT2D eigenvalue weighted by Crippen LogP contribution is 2.44. The van der Waals surface area contributed by atoms with Crippen LogP contribution < -0.4 is 0 Å². The van der Waals surface area contributed by atoms with Gasteiger partial charge in [0, 0.05) is 17.8 Å². The van der Waals surface area contributed by atoms with Crippen LogP contribution in [-0.2, 0) is 14.6 Å². The van der Waals surface area contributed by atoms with Crippen LogP contribution in [0.4, 0.5) is 0 Å². The lowest BCUT2D eigenvalue weighted by atomic mass is 10.1. The fraction of sp³-hybridized carbons (Fsp3) is 0.353. The predicted molar refractivity (Wildman–Crippen MR) is 90.0 cm³/mol. The Morgan fingerprint density at radius 2 is 1.92 bits per heavy atom. The molecule has 2 aromatic heterocycles. The molecule has 0 atom stereocenters. The normalized spacial score (nSPS) is 17.4. The zero-order chi connectivity index (χ0) is 16.8. The summed E-state index contributed by atoms with van der Waals surface area (Å²) >= 11 is 0. The first kappa shape index (κ1) is 15.3.